The Labute approximate surface area is 139 Å². The lowest BCUT2D eigenvalue weighted by atomic mass is 10.1. The Kier molecular flexibility index (Phi) is 4.65. The van der Waals surface area contributed by atoms with E-state index in [1.54, 1.807) is 12.1 Å². The highest BCUT2D eigenvalue weighted by Gasteiger charge is 2.13. The number of phenols is 1. The van der Waals surface area contributed by atoms with Crippen LogP contribution in [0.4, 0.5) is 0 Å². The predicted octanol–water partition coefficient (Wildman–Crippen LogP) is 2.86. The van der Waals surface area contributed by atoms with Gasteiger partial charge in [-0.25, -0.2) is 5.43 Å². The number of aryl methyl sites for hydroxylation is 1. The standard InChI is InChI=1S/C18H18N2O4/c1-12(19-20-18(22)14-5-7-15(21)8-6-14)2-3-13-4-9-16-17(10-13)24-11-23-16/h4-10,21H,2-3,11H2,1H3,(H,20,22). The molecule has 24 heavy (non-hydrogen) atoms. The van der Waals surface area contributed by atoms with Crippen LogP contribution >= 0.6 is 0 Å². The van der Waals surface area contributed by atoms with E-state index in [1.165, 1.54) is 12.1 Å². The highest BCUT2D eigenvalue weighted by molar-refractivity contribution is 5.95. The second kappa shape index (κ2) is 7.04. The van der Waals surface area contributed by atoms with Crippen molar-refractivity contribution >= 4 is 11.6 Å². The zero-order valence-corrected chi connectivity index (χ0v) is 13.3. The van der Waals surface area contributed by atoms with Crippen molar-refractivity contribution in [1.82, 2.24) is 5.43 Å². The van der Waals surface area contributed by atoms with Gasteiger partial charge in [-0.3, -0.25) is 4.79 Å². The maximum Gasteiger partial charge on any atom is 0.271 e. The summed E-state index contributed by atoms with van der Waals surface area (Å²) in [7, 11) is 0. The third-order valence-corrected chi connectivity index (χ3v) is 3.69. The van der Waals surface area contributed by atoms with Gasteiger partial charge in [0.2, 0.25) is 6.79 Å². The van der Waals surface area contributed by atoms with Crippen LogP contribution in [-0.4, -0.2) is 23.5 Å². The smallest absolute Gasteiger partial charge is 0.271 e. The number of hydrogen-bond donors (Lipinski definition) is 2. The Morgan fingerprint density at radius 3 is 2.71 bits per heavy atom. The monoisotopic (exact) mass is 326 g/mol. The molecule has 0 bridgehead atoms. The molecule has 124 valence electrons. The Hall–Kier alpha value is -3.02. The zero-order valence-electron chi connectivity index (χ0n) is 13.3. The Bertz CT molecular complexity index is 769. The van der Waals surface area contributed by atoms with Crippen molar-refractivity contribution < 1.29 is 19.4 Å². The molecule has 1 heterocycles. The lowest BCUT2D eigenvalue weighted by Crippen LogP contribution is -2.19. The number of phenolic OH excluding ortho intramolecular Hbond substituents is 1. The number of nitrogens with one attached hydrogen (secondary N) is 1. The first-order valence-electron chi connectivity index (χ1n) is 7.63. The van der Waals surface area contributed by atoms with Crippen molar-refractivity contribution in [3.05, 3.63) is 53.6 Å². The summed E-state index contributed by atoms with van der Waals surface area (Å²) in [4.78, 5) is 11.9. The molecule has 1 amide bonds. The van der Waals surface area contributed by atoms with Crippen LogP contribution in [0.3, 0.4) is 0 Å². The van der Waals surface area contributed by atoms with E-state index in [1.807, 2.05) is 25.1 Å². The number of carbonyl (C=O) groups excluding carboxylic acids is 1. The summed E-state index contributed by atoms with van der Waals surface area (Å²) in [5, 5.41) is 13.3. The Morgan fingerprint density at radius 1 is 1.17 bits per heavy atom. The van der Waals surface area contributed by atoms with Crippen LogP contribution in [0.15, 0.2) is 47.6 Å². The van der Waals surface area contributed by atoms with E-state index >= 15 is 0 Å². The van der Waals surface area contributed by atoms with E-state index in [9.17, 15) is 9.90 Å². The highest BCUT2D eigenvalue weighted by atomic mass is 16.7. The number of hydrazone groups is 1. The van der Waals surface area contributed by atoms with E-state index in [0.717, 1.165) is 35.6 Å². The largest absolute Gasteiger partial charge is 0.508 e. The number of aromatic hydroxyl groups is 1. The van der Waals surface area contributed by atoms with Gasteiger partial charge in [0.15, 0.2) is 11.5 Å². The fourth-order valence-electron chi connectivity index (χ4n) is 2.30. The molecule has 2 aromatic carbocycles. The van der Waals surface area contributed by atoms with Crippen LogP contribution < -0.4 is 14.9 Å². The molecule has 0 unspecified atom stereocenters. The zero-order chi connectivity index (χ0) is 16.9. The fourth-order valence-corrected chi connectivity index (χ4v) is 2.30. The third kappa shape index (κ3) is 3.84. The minimum Gasteiger partial charge on any atom is -0.508 e. The van der Waals surface area contributed by atoms with Crippen molar-refractivity contribution in [2.45, 2.75) is 19.8 Å². The summed E-state index contributed by atoms with van der Waals surface area (Å²) >= 11 is 0. The number of carbonyl (C=O) groups is 1. The molecule has 6 heteroatoms. The van der Waals surface area contributed by atoms with E-state index in [2.05, 4.69) is 10.5 Å². The molecule has 0 saturated heterocycles. The number of benzene rings is 2. The first-order valence-corrected chi connectivity index (χ1v) is 7.63. The van der Waals surface area contributed by atoms with Crippen LogP contribution in [0.1, 0.15) is 29.3 Å². The molecule has 0 atom stereocenters. The number of nitrogens with zero attached hydrogens (tertiary/aromatic N) is 1. The molecule has 0 saturated carbocycles. The van der Waals surface area contributed by atoms with E-state index in [4.69, 9.17) is 9.47 Å². The summed E-state index contributed by atoms with van der Waals surface area (Å²) in [6.07, 6.45) is 1.51. The second-order valence-corrected chi connectivity index (χ2v) is 5.52. The third-order valence-electron chi connectivity index (χ3n) is 3.69. The maximum atomic E-state index is 11.9. The van der Waals surface area contributed by atoms with Crippen molar-refractivity contribution in [1.29, 1.82) is 0 Å². The lowest BCUT2D eigenvalue weighted by molar-refractivity contribution is 0.0954. The van der Waals surface area contributed by atoms with Gasteiger partial charge < -0.3 is 14.6 Å². The normalized spacial score (nSPS) is 13.0. The summed E-state index contributed by atoms with van der Waals surface area (Å²) < 4.78 is 10.6. The van der Waals surface area contributed by atoms with Gasteiger partial charge in [-0.15, -0.1) is 0 Å². The van der Waals surface area contributed by atoms with Crippen LogP contribution in [0.2, 0.25) is 0 Å². The van der Waals surface area contributed by atoms with Gasteiger partial charge in [-0.05, 0) is 61.7 Å². The summed E-state index contributed by atoms with van der Waals surface area (Å²) in [5.74, 6) is 1.35. The van der Waals surface area contributed by atoms with Crippen molar-refractivity contribution in [3.8, 4) is 17.2 Å². The molecular formula is C18H18N2O4. The van der Waals surface area contributed by atoms with E-state index in [-0.39, 0.29) is 18.4 Å². The van der Waals surface area contributed by atoms with Gasteiger partial charge >= 0.3 is 0 Å². The average Bonchev–Trinajstić information content (AvgIpc) is 3.06. The first kappa shape index (κ1) is 15.9. The SMILES string of the molecule is CC(CCc1ccc2c(c1)OCO2)=NNC(=O)c1ccc(O)cc1. The highest BCUT2D eigenvalue weighted by Crippen LogP contribution is 2.32. The Balaban J connectivity index is 1.52. The van der Waals surface area contributed by atoms with Crippen LogP contribution in [0, 0.1) is 0 Å². The van der Waals surface area contributed by atoms with Crippen molar-refractivity contribution in [2.24, 2.45) is 5.10 Å². The minimum atomic E-state index is -0.308. The number of rotatable bonds is 5. The van der Waals surface area contributed by atoms with Gasteiger partial charge in [0.05, 0.1) is 0 Å². The molecule has 2 aromatic rings. The molecule has 1 aliphatic heterocycles. The number of fused-ring (bicyclic) bond motifs is 1. The molecule has 0 aliphatic carbocycles. The van der Waals surface area contributed by atoms with Gasteiger partial charge in [-0.1, -0.05) is 6.07 Å². The maximum absolute atomic E-state index is 11.9. The molecule has 3 rings (SSSR count). The Morgan fingerprint density at radius 2 is 1.92 bits per heavy atom. The topological polar surface area (TPSA) is 80.2 Å². The molecule has 0 spiro atoms. The minimum absolute atomic E-state index is 0.120. The number of amides is 1. The van der Waals surface area contributed by atoms with Gasteiger partial charge in [0.1, 0.15) is 5.75 Å². The van der Waals surface area contributed by atoms with Gasteiger partial charge in [-0.2, -0.15) is 5.10 Å². The number of hydrogen-bond acceptors (Lipinski definition) is 5. The molecule has 0 aromatic heterocycles. The lowest BCUT2D eigenvalue weighted by Gasteiger charge is -2.05. The summed E-state index contributed by atoms with van der Waals surface area (Å²) in [6.45, 7) is 2.13. The molecular weight excluding hydrogens is 308 g/mol. The van der Waals surface area contributed by atoms with E-state index in [0.29, 0.717) is 5.56 Å². The predicted molar refractivity (Wildman–Crippen MR) is 89.6 cm³/mol. The second-order valence-electron chi connectivity index (χ2n) is 5.52. The summed E-state index contributed by atoms with van der Waals surface area (Å²) in [6, 6.07) is 11.9. The van der Waals surface area contributed by atoms with Crippen molar-refractivity contribution in [3.63, 3.8) is 0 Å². The molecule has 0 radical (unpaired) electrons. The van der Waals surface area contributed by atoms with Gasteiger partial charge in [0, 0.05) is 11.3 Å². The van der Waals surface area contributed by atoms with Crippen LogP contribution in [-0.2, 0) is 6.42 Å². The van der Waals surface area contributed by atoms with Crippen molar-refractivity contribution in [2.75, 3.05) is 6.79 Å². The molecule has 2 N–H and O–H groups in total. The molecule has 1 aliphatic rings. The molecule has 0 fully saturated rings. The van der Waals surface area contributed by atoms with Crippen LogP contribution in [0.25, 0.3) is 0 Å². The first-order chi connectivity index (χ1) is 11.6. The quantitative estimate of drug-likeness (QED) is 0.654. The summed E-state index contributed by atoms with van der Waals surface area (Å²) in [5.41, 5.74) is 4.91. The fraction of sp³-hybridized carbons (Fsp3) is 0.222. The van der Waals surface area contributed by atoms with E-state index < -0.39 is 0 Å². The average molecular weight is 326 g/mol. The van der Waals surface area contributed by atoms with Crippen LogP contribution in [0.5, 0.6) is 17.2 Å². The van der Waals surface area contributed by atoms with Gasteiger partial charge in [0.25, 0.3) is 5.91 Å². The number of ether oxygens (including phenoxy) is 2. The molecule has 6 nitrogen and oxygen atoms in total.